The number of aromatic nitrogens is 8. The smallest absolute Gasteiger partial charge is 0.333 e. The number of carbonyl (C=O) groups excluding carboxylic acids is 10. The SMILES string of the molecule is NC(=O)CCC(N)C(=O)NCC(=O)O.NC(=O)CCC(NC(=O)CCC(=O)NCc1ccc(-c2nncnn2)cc1)C(=O)CCC(=O)O.O=C(CCC(=O)ON1C(=O)CCC1=O)NCc1ccc(-c2nncnn2)cc1. The minimum atomic E-state index is -1.15. The van der Waals surface area contributed by atoms with Crippen molar-refractivity contribution >= 4 is 70.9 Å². The predicted octanol–water partition coefficient (Wildman–Crippen LogP) is -2.77. The third kappa shape index (κ3) is 24.2. The second-order valence-corrected chi connectivity index (χ2v) is 15.9. The number of carbonyl (C=O) groups is 12. The summed E-state index contributed by atoms with van der Waals surface area (Å²) in [6, 6.07) is 12.3. The lowest BCUT2D eigenvalue weighted by Crippen LogP contribution is -2.43. The molecule has 4 aromatic rings. The van der Waals surface area contributed by atoms with E-state index in [9.17, 15) is 57.5 Å². The Morgan fingerprint density at radius 3 is 1.46 bits per heavy atom. The Kier molecular flexibility index (Phi) is 25.8. The van der Waals surface area contributed by atoms with E-state index in [0.717, 1.165) is 22.3 Å². The van der Waals surface area contributed by atoms with E-state index in [1.165, 1.54) is 12.7 Å². The van der Waals surface area contributed by atoms with Gasteiger partial charge in [0.2, 0.25) is 47.1 Å². The maximum Gasteiger partial charge on any atom is 0.333 e. The summed E-state index contributed by atoms with van der Waals surface area (Å²) < 4.78 is 0. The minimum absolute atomic E-state index is 0.00164. The van der Waals surface area contributed by atoms with Crippen LogP contribution in [0.15, 0.2) is 61.2 Å². The number of aliphatic carboxylic acids is 2. The van der Waals surface area contributed by atoms with Crippen LogP contribution >= 0.6 is 0 Å². The molecule has 8 amide bonds. The number of nitrogens with zero attached hydrogens (tertiary/aromatic N) is 9. The summed E-state index contributed by atoms with van der Waals surface area (Å²) in [6.07, 6.45) is 1.09. The van der Waals surface area contributed by atoms with E-state index in [2.05, 4.69) is 62.1 Å². The van der Waals surface area contributed by atoms with Crippen LogP contribution in [0.2, 0.25) is 0 Å². The second kappa shape index (κ2) is 32.4. The summed E-state index contributed by atoms with van der Waals surface area (Å²) >= 11 is 0. The van der Waals surface area contributed by atoms with Gasteiger partial charge in [-0.05, 0) is 24.0 Å². The average Bonchev–Trinajstić information content (AvgIpc) is 3.72. The molecule has 1 fully saturated rings. The molecule has 1 aliphatic rings. The summed E-state index contributed by atoms with van der Waals surface area (Å²) in [5, 5.41) is 57.4. The number of nitrogens with two attached hydrogens (primary N) is 3. The Bertz CT molecular complexity index is 2650. The van der Waals surface area contributed by atoms with Crippen LogP contribution in [0.4, 0.5) is 0 Å². The molecule has 0 bridgehead atoms. The third-order valence-corrected chi connectivity index (χ3v) is 10.00. The highest BCUT2D eigenvalue weighted by molar-refractivity contribution is 6.01. The van der Waals surface area contributed by atoms with E-state index < -0.39 is 84.2 Å². The van der Waals surface area contributed by atoms with Gasteiger partial charge in [-0.3, -0.25) is 52.7 Å². The van der Waals surface area contributed by atoms with Crippen molar-refractivity contribution in [2.75, 3.05) is 6.54 Å². The van der Waals surface area contributed by atoms with Gasteiger partial charge >= 0.3 is 17.9 Å². The number of hydroxylamine groups is 2. The molecule has 1 aliphatic heterocycles. The highest BCUT2D eigenvalue weighted by Crippen LogP contribution is 2.16. The monoisotopic (exact) mass is 1060 g/mol. The van der Waals surface area contributed by atoms with E-state index in [0.29, 0.717) is 16.7 Å². The lowest BCUT2D eigenvalue weighted by atomic mass is 10.0. The van der Waals surface area contributed by atoms with Crippen molar-refractivity contribution in [3.63, 3.8) is 0 Å². The number of ketones is 1. The van der Waals surface area contributed by atoms with Crippen molar-refractivity contribution in [1.82, 2.24) is 67.1 Å². The van der Waals surface area contributed by atoms with Crippen molar-refractivity contribution in [2.45, 2.75) is 102 Å². The maximum absolute atomic E-state index is 12.2. The van der Waals surface area contributed by atoms with Crippen LogP contribution in [-0.2, 0) is 75.5 Å². The van der Waals surface area contributed by atoms with Crippen molar-refractivity contribution in [3.8, 4) is 22.8 Å². The molecule has 0 saturated carbocycles. The van der Waals surface area contributed by atoms with Gasteiger partial charge in [-0.1, -0.05) is 48.5 Å². The van der Waals surface area contributed by atoms with Crippen LogP contribution in [0.1, 0.15) is 88.2 Å². The first kappa shape index (κ1) is 60.6. The van der Waals surface area contributed by atoms with E-state index in [1.54, 1.807) is 48.5 Å². The number of nitrogens with one attached hydrogen (secondary N) is 4. The fourth-order valence-electron chi connectivity index (χ4n) is 6.00. The quantitative estimate of drug-likeness (QED) is 0.0273. The average molecular weight is 1060 g/mol. The molecule has 12 N–H and O–H groups in total. The molecule has 1 saturated heterocycles. The van der Waals surface area contributed by atoms with Gasteiger partial charge in [-0.25, -0.2) is 4.79 Å². The molecule has 76 heavy (non-hydrogen) atoms. The summed E-state index contributed by atoms with van der Waals surface area (Å²) in [4.78, 5) is 141. The number of benzene rings is 2. The Labute approximate surface area is 430 Å². The first-order chi connectivity index (χ1) is 36.2. The number of hydrogen-bond acceptors (Lipinski definition) is 22. The molecule has 404 valence electrons. The van der Waals surface area contributed by atoms with Crippen molar-refractivity contribution in [2.24, 2.45) is 17.2 Å². The van der Waals surface area contributed by atoms with E-state index in [1.807, 2.05) is 0 Å². The van der Waals surface area contributed by atoms with Crippen LogP contribution < -0.4 is 38.5 Å². The van der Waals surface area contributed by atoms with Crippen molar-refractivity contribution < 1.29 is 72.6 Å². The summed E-state index contributed by atoms with van der Waals surface area (Å²) in [7, 11) is 0. The summed E-state index contributed by atoms with van der Waals surface area (Å²) in [5.74, 6) is -7.08. The Balaban J connectivity index is 0.000000325. The minimum Gasteiger partial charge on any atom is -0.481 e. The predicted molar refractivity (Wildman–Crippen MR) is 255 cm³/mol. The highest BCUT2D eigenvalue weighted by Gasteiger charge is 2.33. The van der Waals surface area contributed by atoms with Crippen molar-refractivity contribution in [3.05, 3.63) is 72.3 Å². The normalized spacial score (nSPS) is 12.2. The lowest BCUT2D eigenvalue weighted by molar-refractivity contribution is -0.197. The molecule has 3 heterocycles. The number of rotatable bonds is 27. The number of primary amides is 2. The number of carboxylic acid groups (broad SMARTS) is 2. The molecule has 2 unspecified atom stereocenters. The largest absolute Gasteiger partial charge is 0.481 e. The molecule has 31 nitrogen and oxygen atoms in total. The fraction of sp³-hybridized carbons (Fsp3) is 0.378. The topological polar surface area (TPSA) is 487 Å². The molecule has 2 aromatic carbocycles. The summed E-state index contributed by atoms with van der Waals surface area (Å²) in [5.41, 5.74) is 18.4. The molecule has 5 rings (SSSR count). The zero-order valence-electron chi connectivity index (χ0n) is 40.5. The van der Waals surface area contributed by atoms with Crippen LogP contribution in [0.5, 0.6) is 0 Å². The van der Waals surface area contributed by atoms with Gasteiger partial charge in [0.25, 0.3) is 11.8 Å². The Hall–Kier alpha value is -9.68. The summed E-state index contributed by atoms with van der Waals surface area (Å²) in [6.45, 7) is 0.0221. The molecule has 31 heteroatoms. The molecule has 0 radical (unpaired) electrons. The van der Waals surface area contributed by atoms with Gasteiger partial charge in [-0.2, -0.15) is 0 Å². The fourth-order valence-corrected chi connectivity index (χ4v) is 6.00. The Morgan fingerprint density at radius 2 is 1.01 bits per heavy atom. The van der Waals surface area contributed by atoms with E-state index in [-0.39, 0.29) is 95.5 Å². The van der Waals surface area contributed by atoms with E-state index in [4.69, 9.17) is 32.3 Å². The van der Waals surface area contributed by atoms with Gasteiger partial charge in [-0.15, -0.1) is 45.9 Å². The number of carboxylic acids is 2. The molecule has 2 atom stereocenters. The van der Waals surface area contributed by atoms with Gasteiger partial charge in [0.15, 0.2) is 18.4 Å². The van der Waals surface area contributed by atoms with Crippen LogP contribution in [0.25, 0.3) is 22.8 Å². The standard InChI is InChI=1S/C21H25N7O6.C17H16N6O5.C7H13N3O4/c22-17(30)7-5-15(16(29)6-10-20(33)34)26-19(32)9-8-18(31)23-11-13-1-3-14(4-2-13)21-27-24-12-25-28-21;24-13(5-8-16(27)28-23-14(25)6-7-15(23)26)18-9-11-1-3-12(4-2-11)17-21-19-10-20-22-17;8-4(1-2-5(9)11)7(14)10-3-6(12)13/h1-4,12,15H,5-11H2,(H2,22,30)(H,23,31)(H,26,32)(H,33,34);1-4,10H,5-9H2,(H,18,24);4H,1-3,8H2,(H2,9,11)(H,10,14)(H,12,13). The highest BCUT2D eigenvalue weighted by atomic mass is 16.7. The first-order valence-electron chi connectivity index (χ1n) is 22.9. The van der Waals surface area contributed by atoms with Gasteiger partial charge in [0.1, 0.15) is 6.54 Å². The molecule has 2 aromatic heterocycles. The molecular weight excluding hydrogens is 1000 g/mol. The number of hydrogen-bond donors (Lipinski definition) is 9. The Morgan fingerprint density at radius 1 is 0.566 bits per heavy atom. The van der Waals surface area contributed by atoms with Gasteiger partial charge in [0, 0.05) is 75.6 Å². The van der Waals surface area contributed by atoms with Crippen LogP contribution in [0, 0.1) is 0 Å². The zero-order valence-corrected chi connectivity index (χ0v) is 40.5. The van der Waals surface area contributed by atoms with Gasteiger partial charge in [0.05, 0.1) is 24.9 Å². The second-order valence-electron chi connectivity index (χ2n) is 15.9. The lowest BCUT2D eigenvalue weighted by Gasteiger charge is -2.17. The molecular formula is C45H54N16O15. The molecule has 0 spiro atoms. The maximum atomic E-state index is 12.2. The number of amides is 8. The number of Topliss-reactive ketones (excluding diaryl/α,β-unsaturated/α-hetero) is 1. The number of imide groups is 1. The van der Waals surface area contributed by atoms with Gasteiger partial charge < -0.3 is 53.5 Å². The zero-order chi connectivity index (χ0) is 56.0. The first-order valence-corrected chi connectivity index (χ1v) is 22.9. The third-order valence-electron chi connectivity index (χ3n) is 10.00. The van der Waals surface area contributed by atoms with E-state index >= 15 is 0 Å². The van der Waals surface area contributed by atoms with Crippen LogP contribution in [-0.4, -0.2) is 146 Å². The van der Waals surface area contributed by atoms with Crippen LogP contribution in [0.3, 0.4) is 0 Å². The van der Waals surface area contributed by atoms with Crippen molar-refractivity contribution in [1.29, 1.82) is 0 Å². The molecule has 0 aliphatic carbocycles.